The van der Waals surface area contributed by atoms with E-state index in [9.17, 15) is 27.9 Å². The van der Waals surface area contributed by atoms with Crippen LogP contribution >= 0.6 is 0 Å². The second kappa shape index (κ2) is 10.4. The summed E-state index contributed by atoms with van der Waals surface area (Å²) < 4.78 is 27.5. The van der Waals surface area contributed by atoms with Crippen molar-refractivity contribution in [2.45, 2.75) is 42.3 Å². The van der Waals surface area contributed by atoms with Gasteiger partial charge in [-0.25, -0.2) is 13.2 Å². The molecular formula is C25H31N5O6S. The molecule has 2 heterocycles. The maximum absolute atomic E-state index is 13.2. The highest BCUT2D eigenvalue weighted by Crippen LogP contribution is 2.38. The number of benzene rings is 2. The SMILES string of the molecule is CC(NC(=O)N1CCC2(CC1)C(=O)N(C)CN2c1ccccc1)C(NS(=O)(=O)c1ccccc1)C(=O)O. The number of para-hydroxylation sites is 1. The predicted molar refractivity (Wildman–Crippen MR) is 136 cm³/mol. The Kier molecular flexibility index (Phi) is 7.42. The fraction of sp³-hybridized carbons (Fsp3) is 0.400. The van der Waals surface area contributed by atoms with Crippen LogP contribution in [0.2, 0.25) is 0 Å². The molecule has 2 saturated heterocycles. The van der Waals surface area contributed by atoms with E-state index in [0.29, 0.717) is 19.5 Å². The van der Waals surface area contributed by atoms with Crippen molar-refractivity contribution in [3.8, 4) is 0 Å². The first-order valence-electron chi connectivity index (χ1n) is 12.0. The average Bonchev–Trinajstić information content (AvgIpc) is 3.13. The molecule has 37 heavy (non-hydrogen) atoms. The molecule has 2 aliphatic heterocycles. The van der Waals surface area contributed by atoms with Gasteiger partial charge in [-0.1, -0.05) is 36.4 Å². The van der Waals surface area contributed by atoms with Gasteiger partial charge in [0.25, 0.3) is 0 Å². The zero-order valence-electron chi connectivity index (χ0n) is 20.7. The second-order valence-electron chi connectivity index (χ2n) is 9.42. The molecule has 3 N–H and O–H groups in total. The number of nitrogens with zero attached hydrogens (tertiary/aromatic N) is 3. The standard InChI is InChI=1S/C25H31N5O6S/c1-18(21(22(31)32)27-37(35,36)20-11-7-4-8-12-20)26-24(34)29-15-13-25(14-16-29)23(33)28(2)17-30(25)19-9-5-3-6-10-19/h3-12,18,21,27H,13-17H2,1-2H3,(H,26,34)(H,31,32). The summed E-state index contributed by atoms with van der Waals surface area (Å²) in [7, 11) is -2.35. The molecule has 12 heteroatoms. The molecule has 2 atom stereocenters. The molecule has 4 rings (SSSR count). The molecular weight excluding hydrogens is 498 g/mol. The van der Waals surface area contributed by atoms with Crippen LogP contribution in [0, 0.1) is 0 Å². The van der Waals surface area contributed by atoms with Crippen molar-refractivity contribution in [3.05, 3.63) is 60.7 Å². The number of nitrogens with one attached hydrogen (secondary N) is 2. The topological polar surface area (TPSA) is 139 Å². The van der Waals surface area contributed by atoms with Crippen molar-refractivity contribution < 1.29 is 27.9 Å². The molecule has 0 aliphatic carbocycles. The molecule has 3 amide bonds. The van der Waals surface area contributed by atoms with E-state index in [1.165, 1.54) is 36.1 Å². The number of carboxylic acid groups (broad SMARTS) is 1. The minimum Gasteiger partial charge on any atom is -0.480 e. The van der Waals surface area contributed by atoms with E-state index in [-0.39, 0.29) is 23.9 Å². The quantitative estimate of drug-likeness (QED) is 0.491. The average molecular weight is 530 g/mol. The van der Waals surface area contributed by atoms with Crippen molar-refractivity contribution in [1.29, 1.82) is 0 Å². The summed E-state index contributed by atoms with van der Waals surface area (Å²) in [5.74, 6) is -1.41. The van der Waals surface area contributed by atoms with E-state index in [0.717, 1.165) is 5.69 Å². The van der Waals surface area contributed by atoms with Crippen molar-refractivity contribution in [2.24, 2.45) is 0 Å². The number of anilines is 1. The first kappa shape index (κ1) is 26.4. The van der Waals surface area contributed by atoms with Gasteiger partial charge in [-0.3, -0.25) is 9.59 Å². The fourth-order valence-electron chi connectivity index (χ4n) is 4.95. The number of carboxylic acids is 1. The van der Waals surface area contributed by atoms with Crippen LogP contribution in [0.1, 0.15) is 19.8 Å². The Bertz CT molecular complexity index is 1250. The number of rotatable bonds is 7. The number of amides is 3. The lowest BCUT2D eigenvalue weighted by Gasteiger charge is -2.43. The normalized spacial score (nSPS) is 19.1. The van der Waals surface area contributed by atoms with Crippen LogP contribution in [0.15, 0.2) is 65.6 Å². The van der Waals surface area contributed by atoms with Crippen LogP contribution < -0.4 is 14.9 Å². The fourth-order valence-corrected chi connectivity index (χ4v) is 6.24. The molecule has 11 nitrogen and oxygen atoms in total. The number of piperidine rings is 1. The molecule has 2 aliphatic rings. The first-order chi connectivity index (χ1) is 17.5. The smallest absolute Gasteiger partial charge is 0.323 e. The number of hydrogen-bond donors (Lipinski definition) is 3. The molecule has 2 fully saturated rings. The van der Waals surface area contributed by atoms with Crippen LogP contribution in [0.25, 0.3) is 0 Å². The Hall–Kier alpha value is -3.64. The summed E-state index contributed by atoms with van der Waals surface area (Å²) in [4.78, 5) is 43.3. The van der Waals surface area contributed by atoms with Crippen molar-refractivity contribution in [3.63, 3.8) is 0 Å². The molecule has 0 bridgehead atoms. The predicted octanol–water partition coefficient (Wildman–Crippen LogP) is 1.29. The Balaban J connectivity index is 1.42. The van der Waals surface area contributed by atoms with Crippen LogP contribution in [0.5, 0.6) is 0 Å². The minimum atomic E-state index is -4.11. The lowest BCUT2D eigenvalue weighted by Crippen LogP contribution is -2.60. The number of hydrogen-bond acceptors (Lipinski definition) is 6. The molecule has 0 radical (unpaired) electrons. The molecule has 2 aromatic rings. The van der Waals surface area contributed by atoms with Gasteiger partial charge in [0.2, 0.25) is 15.9 Å². The highest BCUT2D eigenvalue weighted by Gasteiger charge is 2.53. The van der Waals surface area contributed by atoms with Crippen LogP contribution in [-0.2, 0) is 19.6 Å². The summed E-state index contributed by atoms with van der Waals surface area (Å²) in [6, 6.07) is 13.9. The summed E-state index contributed by atoms with van der Waals surface area (Å²) in [5, 5.41) is 12.3. The largest absolute Gasteiger partial charge is 0.480 e. The number of aliphatic carboxylic acids is 1. The van der Waals surface area contributed by atoms with Gasteiger partial charge < -0.3 is 25.1 Å². The molecule has 198 valence electrons. The van der Waals surface area contributed by atoms with Gasteiger partial charge in [-0.2, -0.15) is 4.72 Å². The zero-order chi connectivity index (χ0) is 26.8. The van der Waals surface area contributed by atoms with Crippen molar-refractivity contribution >= 4 is 33.6 Å². The summed E-state index contributed by atoms with van der Waals surface area (Å²) >= 11 is 0. The van der Waals surface area contributed by atoms with Gasteiger partial charge >= 0.3 is 12.0 Å². The molecule has 2 unspecified atom stereocenters. The van der Waals surface area contributed by atoms with Gasteiger partial charge in [0.1, 0.15) is 11.6 Å². The van der Waals surface area contributed by atoms with Crippen LogP contribution in [0.4, 0.5) is 10.5 Å². The van der Waals surface area contributed by atoms with Gasteiger partial charge in [0.05, 0.1) is 17.6 Å². The van der Waals surface area contributed by atoms with E-state index in [1.807, 2.05) is 30.3 Å². The van der Waals surface area contributed by atoms with Gasteiger partial charge in [0, 0.05) is 25.8 Å². The number of carbonyl (C=O) groups is 3. The third-order valence-corrected chi connectivity index (χ3v) is 8.47. The number of carbonyl (C=O) groups excluding carboxylic acids is 2. The van der Waals surface area contributed by atoms with E-state index in [2.05, 4.69) is 14.9 Å². The lowest BCUT2D eigenvalue weighted by atomic mass is 9.85. The van der Waals surface area contributed by atoms with Crippen LogP contribution in [-0.4, -0.2) is 85.7 Å². The maximum Gasteiger partial charge on any atom is 0.323 e. The third-order valence-electron chi connectivity index (χ3n) is 7.01. The highest BCUT2D eigenvalue weighted by atomic mass is 32.2. The Morgan fingerprint density at radius 1 is 1.00 bits per heavy atom. The minimum absolute atomic E-state index is 0.00559. The molecule has 0 aromatic heterocycles. The summed E-state index contributed by atoms with van der Waals surface area (Å²) in [6.07, 6.45) is 0.825. The number of sulfonamides is 1. The van der Waals surface area contributed by atoms with E-state index in [1.54, 1.807) is 18.0 Å². The van der Waals surface area contributed by atoms with Crippen molar-refractivity contribution in [2.75, 3.05) is 31.7 Å². The molecule has 2 aromatic carbocycles. The van der Waals surface area contributed by atoms with Crippen LogP contribution in [0.3, 0.4) is 0 Å². The van der Waals surface area contributed by atoms with E-state index >= 15 is 0 Å². The third kappa shape index (κ3) is 5.25. The van der Waals surface area contributed by atoms with Gasteiger partial charge in [0.15, 0.2) is 0 Å². The van der Waals surface area contributed by atoms with Gasteiger partial charge in [-0.15, -0.1) is 0 Å². The summed E-state index contributed by atoms with van der Waals surface area (Å²) in [6.45, 7) is 2.46. The Labute approximate surface area is 216 Å². The van der Waals surface area contributed by atoms with E-state index in [4.69, 9.17) is 0 Å². The number of likely N-dealkylation sites (N-methyl/N-ethyl adjacent to an activating group) is 1. The molecule has 0 saturated carbocycles. The number of likely N-dealkylation sites (tertiary alicyclic amines) is 1. The Morgan fingerprint density at radius 3 is 2.14 bits per heavy atom. The van der Waals surface area contributed by atoms with Crippen molar-refractivity contribution in [1.82, 2.24) is 19.8 Å². The molecule has 1 spiro atoms. The maximum atomic E-state index is 13.2. The monoisotopic (exact) mass is 529 g/mol. The second-order valence-corrected chi connectivity index (χ2v) is 11.1. The lowest BCUT2D eigenvalue weighted by molar-refractivity contribution is -0.139. The summed E-state index contributed by atoms with van der Waals surface area (Å²) in [5.41, 5.74) is 0.176. The van der Waals surface area contributed by atoms with E-state index < -0.39 is 39.6 Å². The number of urea groups is 1. The Morgan fingerprint density at radius 2 is 1.57 bits per heavy atom. The van der Waals surface area contributed by atoms with Gasteiger partial charge in [-0.05, 0) is 44.0 Å². The highest BCUT2D eigenvalue weighted by molar-refractivity contribution is 7.89. The zero-order valence-corrected chi connectivity index (χ0v) is 21.5. The first-order valence-corrected chi connectivity index (χ1v) is 13.5.